The number of guanidine groups is 1. The molecule has 0 bridgehead atoms. The van der Waals surface area contributed by atoms with E-state index < -0.39 is 35.8 Å². The fraction of sp³-hybridized carbons (Fsp3) is 0.634. The number of hydrogen-bond acceptors (Lipinski definition) is 13. The van der Waals surface area contributed by atoms with E-state index in [9.17, 15) is 28.8 Å². The maximum Gasteiger partial charge on any atom is 0.243 e. The molecule has 22 heteroatoms. The Morgan fingerprint density at radius 3 is 1.81 bits per heavy atom. The lowest BCUT2D eigenvalue weighted by atomic mass is 10.0. The van der Waals surface area contributed by atoms with Crippen LogP contribution in [-0.4, -0.2) is 154 Å². The molecule has 3 unspecified atom stereocenters. The van der Waals surface area contributed by atoms with Crippen molar-refractivity contribution in [2.45, 2.75) is 102 Å². The van der Waals surface area contributed by atoms with Crippen LogP contribution in [0.5, 0.6) is 0 Å². The van der Waals surface area contributed by atoms with Gasteiger partial charge in [0.05, 0.1) is 6.33 Å². The summed E-state index contributed by atoms with van der Waals surface area (Å²) >= 11 is 4.22. The first-order chi connectivity index (χ1) is 30.4. The lowest BCUT2D eigenvalue weighted by molar-refractivity contribution is -0.142. The third-order valence-corrected chi connectivity index (χ3v) is 10.5. The standard InChI is InChI=1S/C41H71N15O6S/c42-14-5-1-2-11-36(58)56(23-20-50-39(61)33(25-30-9-8-17-48-27-30)54(21-16-44)37(59)13-24-63)34(26-31-28-49-29-53-31)40(62)51-19-22-55(32(38(45)60)10-3-6-15-43)35(57)12-4-7-18-52-41(46)47/h8-9,17,27-29,32-34,63H,1-7,10-16,18-26,42-44H2,(H2,45,60)(H,49,53)(H,50,61)(H,51,62)(H4,46,47,52). The first kappa shape index (κ1) is 53.8. The predicted octanol–water partition coefficient (Wildman–Crippen LogP) is -1.73. The van der Waals surface area contributed by atoms with Crippen LogP contribution in [-0.2, 0) is 41.6 Å². The first-order valence-electron chi connectivity index (χ1n) is 21.7. The molecule has 0 aliphatic heterocycles. The lowest BCUT2D eigenvalue weighted by Crippen LogP contribution is -2.56. The Kier molecular flexibility index (Phi) is 26.9. The number of unbranched alkanes of at least 4 members (excludes halogenated alkanes) is 4. The molecule has 21 nitrogen and oxygen atoms in total. The molecule has 0 saturated carbocycles. The van der Waals surface area contributed by atoms with E-state index in [1.165, 1.54) is 21.0 Å². The molecule has 352 valence electrons. The highest BCUT2D eigenvalue weighted by atomic mass is 32.1. The van der Waals surface area contributed by atoms with E-state index in [4.69, 9.17) is 34.4 Å². The van der Waals surface area contributed by atoms with Gasteiger partial charge in [0.1, 0.15) is 18.1 Å². The van der Waals surface area contributed by atoms with Gasteiger partial charge in [-0.3, -0.25) is 38.7 Å². The Balaban J connectivity index is 2.40. The van der Waals surface area contributed by atoms with Crippen LogP contribution in [0, 0.1) is 0 Å². The van der Waals surface area contributed by atoms with Crippen LogP contribution in [0.1, 0.15) is 81.9 Å². The summed E-state index contributed by atoms with van der Waals surface area (Å²) < 4.78 is 0. The highest BCUT2D eigenvalue weighted by molar-refractivity contribution is 7.80. The minimum atomic E-state index is -1.09. The molecule has 2 aromatic rings. The number of thiol groups is 1. The number of hydrogen-bond donors (Lipinski definition) is 10. The van der Waals surface area contributed by atoms with Crippen LogP contribution < -0.4 is 45.0 Å². The van der Waals surface area contributed by atoms with E-state index in [0.717, 1.165) is 12.0 Å². The number of H-pyrrole nitrogens is 1. The Morgan fingerprint density at radius 1 is 0.683 bits per heavy atom. The quantitative estimate of drug-likeness (QED) is 0.0162. The number of nitrogens with one attached hydrogen (secondary N) is 3. The average Bonchev–Trinajstić information content (AvgIpc) is 3.78. The van der Waals surface area contributed by atoms with E-state index in [1.54, 1.807) is 24.7 Å². The van der Waals surface area contributed by atoms with Crippen molar-refractivity contribution in [3.05, 3.63) is 48.3 Å². The van der Waals surface area contributed by atoms with Gasteiger partial charge in [0, 0.05) is 102 Å². The molecule has 2 heterocycles. The van der Waals surface area contributed by atoms with Gasteiger partial charge in [0.15, 0.2) is 5.96 Å². The second-order valence-corrected chi connectivity index (χ2v) is 15.5. The zero-order chi connectivity index (χ0) is 46.4. The fourth-order valence-electron chi connectivity index (χ4n) is 7.03. The Morgan fingerprint density at radius 2 is 1.27 bits per heavy atom. The van der Waals surface area contributed by atoms with Crippen molar-refractivity contribution >= 4 is 54.0 Å². The summed E-state index contributed by atoms with van der Waals surface area (Å²) in [6.45, 7) is 1.21. The number of rotatable bonds is 34. The van der Waals surface area contributed by atoms with Gasteiger partial charge in [-0.2, -0.15) is 12.6 Å². The monoisotopic (exact) mass is 902 g/mol. The van der Waals surface area contributed by atoms with Gasteiger partial charge < -0.3 is 64.7 Å². The smallest absolute Gasteiger partial charge is 0.243 e. The van der Waals surface area contributed by atoms with Crippen molar-refractivity contribution in [2.24, 2.45) is 39.4 Å². The number of primary amides is 1. The zero-order valence-electron chi connectivity index (χ0n) is 36.5. The SMILES string of the molecule is NCCCCCC(=O)N(CCNC(=O)C(Cc1cccnc1)N(CCN)C(=O)CCS)C(Cc1cnc[nH]1)C(=O)NCCN(C(=O)CCCCN=C(N)N)C(CCCCN)C(N)=O. The predicted molar refractivity (Wildman–Crippen MR) is 244 cm³/mol. The molecule has 3 atom stereocenters. The summed E-state index contributed by atoms with van der Waals surface area (Å²) in [5.41, 5.74) is 35.2. The number of aliphatic imine (C=N–C) groups is 1. The van der Waals surface area contributed by atoms with E-state index >= 15 is 0 Å². The summed E-state index contributed by atoms with van der Waals surface area (Å²) in [4.78, 5) is 101. The molecule has 0 aromatic carbocycles. The molecule has 0 aliphatic carbocycles. The number of carbonyl (C=O) groups is 6. The van der Waals surface area contributed by atoms with Crippen molar-refractivity contribution in [1.29, 1.82) is 0 Å². The van der Waals surface area contributed by atoms with Gasteiger partial charge in [-0.15, -0.1) is 0 Å². The molecule has 0 fully saturated rings. The molecule has 0 spiro atoms. The maximum absolute atomic E-state index is 14.3. The third-order valence-electron chi connectivity index (χ3n) is 10.3. The van der Waals surface area contributed by atoms with E-state index in [-0.39, 0.29) is 107 Å². The van der Waals surface area contributed by atoms with Crippen LogP contribution in [0.25, 0.3) is 0 Å². The Hall–Kier alpha value is -5.32. The van der Waals surface area contributed by atoms with Gasteiger partial charge in [-0.25, -0.2) is 4.98 Å². The number of carbonyl (C=O) groups excluding carboxylic acids is 6. The van der Waals surface area contributed by atoms with Crippen LogP contribution in [0.3, 0.4) is 0 Å². The number of aromatic nitrogens is 3. The van der Waals surface area contributed by atoms with Crippen molar-refractivity contribution in [3.63, 3.8) is 0 Å². The number of aromatic amines is 1. The van der Waals surface area contributed by atoms with E-state index in [2.05, 4.69) is 43.2 Å². The van der Waals surface area contributed by atoms with E-state index in [0.29, 0.717) is 63.9 Å². The molecule has 63 heavy (non-hydrogen) atoms. The third kappa shape index (κ3) is 20.6. The van der Waals surface area contributed by atoms with E-state index in [1.807, 2.05) is 6.07 Å². The molecule has 0 radical (unpaired) electrons. The molecular formula is C41H71N15O6S. The molecule has 0 aliphatic rings. The summed E-state index contributed by atoms with van der Waals surface area (Å²) in [5, 5.41) is 5.80. The van der Waals surface area contributed by atoms with Crippen molar-refractivity contribution in [2.75, 3.05) is 64.7 Å². The summed E-state index contributed by atoms with van der Waals surface area (Å²) in [6.07, 6.45) is 11.1. The second-order valence-electron chi connectivity index (χ2n) is 15.0. The van der Waals surface area contributed by atoms with Crippen molar-refractivity contribution in [3.8, 4) is 0 Å². The molecule has 6 amide bonds. The number of pyridine rings is 1. The largest absolute Gasteiger partial charge is 0.370 e. The topological polar surface area (TPSA) is 346 Å². The Labute approximate surface area is 376 Å². The number of amides is 6. The normalized spacial score (nSPS) is 12.4. The summed E-state index contributed by atoms with van der Waals surface area (Å²) in [7, 11) is 0. The molecule has 15 N–H and O–H groups in total. The van der Waals surface area contributed by atoms with Crippen LogP contribution in [0.4, 0.5) is 0 Å². The van der Waals surface area contributed by atoms with Gasteiger partial charge >= 0.3 is 0 Å². The van der Waals surface area contributed by atoms with Crippen LogP contribution >= 0.6 is 12.6 Å². The fourth-order valence-corrected chi connectivity index (χ4v) is 7.22. The molecule has 0 saturated heterocycles. The van der Waals surface area contributed by atoms with Crippen molar-refractivity contribution < 1.29 is 28.8 Å². The average molecular weight is 902 g/mol. The molecule has 2 rings (SSSR count). The van der Waals surface area contributed by atoms with Gasteiger partial charge in [-0.1, -0.05) is 12.5 Å². The highest BCUT2D eigenvalue weighted by Gasteiger charge is 2.33. The number of nitrogens with zero attached hydrogens (tertiary/aromatic N) is 6. The number of nitrogens with two attached hydrogens (primary N) is 6. The minimum Gasteiger partial charge on any atom is -0.370 e. The van der Waals surface area contributed by atoms with Gasteiger partial charge in [0.2, 0.25) is 35.4 Å². The second kappa shape index (κ2) is 31.5. The highest BCUT2D eigenvalue weighted by Crippen LogP contribution is 2.16. The Bertz CT molecular complexity index is 1680. The molecular weight excluding hydrogens is 831 g/mol. The zero-order valence-corrected chi connectivity index (χ0v) is 37.4. The van der Waals surface area contributed by atoms with Gasteiger partial charge in [0.25, 0.3) is 0 Å². The van der Waals surface area contributed by atoms with Crippen LogP contribution in [0.15, 0.2) is 42.0 Å². The van der Waals surface area contributed by atoms with Crippen molar-refractivity contribution in [1.82, 2.24) is 40.3 Å². The summed E-state index contributed by atoms with van der Waals surface area (Å²) in [6, 6.07) is 0.577. The lowest BCUT2D eigenvalue weighted by Gasteiger charge is -2.33. The maximum atomic E-state index is 14.3. The van der Waals surface area contributed by atoms with Gasteiger partial charge in [-0.05, 0) is 75.4 Å². The number of imidazole rings is 1. The first-order valence-corrected chi connectivity index (χ1v) is 22.4. The minimum absolute atomic E-state index is 0.0435. The molecule has 2 aromatic heterocycles. The summed E-state index contributed by atoms with van der Waals surface area (Å²) in [5.74, 6) is -2.40. The van der Waals surface area contributed by atoms with Crippen LogP contribution in [0.2, 0.25) is 0 Å².